The molecule has 0 aliphatic carbocycles. The standard InChI is InChI=1S/C20H24BFN2O4S/c1-18(2,3)26-17(25)24-16-11(10-23)14-12(8-9-13(22)15(14)29-16)21-27-19(4,5)20(6,7)28-21/h8-9H,1-7H3,(H,24,25). The molecule has 6 nitrogen and oxygen atoms in total. The van der Waals surface area contributed by atoms with Gasteiger partial charge < -0.3 is 14.0 Å². The van der Waals surface area contributed by atoms with Crippen LogP contribution >= 0.6 is 11.3 Å². The van der Waals surface area contributed by atoms with Crippen molar-refractivity contribution in [2.75, 3.05) is 5.32 Å². The van der Waals surface area contributed by atoms with Gasteiger partial charge in [-0.3, -0.25) is 5.32 Å². The molecule has 0 spiro atoms. The molecule has 154 valence electrons. The lowest BCUT2D eigenvalue weighted by molar-refractivity contribution is 0.00578. The van der Waals surface area contributed by atoms with Crippen molar-refractivity contribution in [1.29, 1.82) is 5.26 Å². The fourth-order valence-electron chi connectivity index (χ4n) is 2.95. The lowest BCUT2D eigenvalue weighted by Gasteiger charge is -2.32. The van der Waals surface area contributed by atoms with E-state index in [9.17, 15) is 14.4 Å². The number of carbonyl (C=O) groups is 1. The van der Waals surface area contributed by atoms with E-state index in [-0.39, 0.29) is 15.3 Å². The Hall–Kier alpha value is -2.15. The predicted octanol–water partition coefficient (Wildman–Crippen LogP) is 4.56. The summed E-state index contributed by atoms with van der Waals surface area (Å²) in [5.74, 6) is -0.487. The van der Waals surface area contributed by atoms with E-state index in [1.807, 2.05) is 27.7 Å². The number of amides is 1. The summed E-state index contributed by atoms with van der Waals surface area (Å²) in [4.78, 5) is 12.2. The Morgan fingerprint density at radius 2 is 1.83 bits per heavy atom. The minimum absolute atomic E-state index is 0.153. The molecule has 1 fully saturated rings. The van der Waals surface area contributed by atoms with Gasteiger partial charge in [0.2, 0.25) is 0 Å². The van der Waals surface area contributed by atoms with E-state index in [1.54, 1.807) is 26.8 Å². The van der Waals surface area contributed by atoms with Crippen LogP contribution < -0.4 is 10.8 Å². The zero-order valence-electron chi connectivity index (χ0n) is 17.6. The second-order valence-electron chi connectivity index (χ2n) is 8.97. The molecular formula is C20H24BFN2O4S. The zero-order valence-corrected chi connectivity index (χ0v) is 18.4. The van der Waals surface area contributed by atoms with Gasteiger partial charge in [-0.2, -0.15) is 5.26 Å². The summed E-state index contributed by atoms with van der Waals surface area (Å²) in [6, 6.07) is 4.96. The molecule has 1 aromatic heterocycles. The lowest BCUT2D eigenvalue weighted by Crippen LogP contribution is -2.41. The first-order valence-electron chi connectivity index (χ1n) is 9.26. The minimum Gasteiger partial charge on any atom is -0.444 e. The maximum atomic E-state index is 14.6. The van der Waals surface area contributed by atoms with Gasteiger partial charge in [-0.1, -0.05) is 6.07 Å². The molecule has 0 bridgehead atoms. The van der Waals surface area contributed by atoms with E-state index in [2.05, 4.69) is 11.4 Å². The second-order valence-corrected chi connectivity index (χ2v) is 9.99. The number of benzene rings is 1. The summed E-state index contributed by atoms with van der Waals surface area (Å²) in [5.41, 5.74) is -1.17. The summed E-state index contributed by atoms with van der Waals surface area (Å²) in [6.07, 6.45) is -0.710. The highest BCUT2D eigenvalue weighted by Gasteiger charge is 2.52. The van der Waals surface area contributed by atoms with Crippen LogP contribution in [0.1, 0.15) is 54.0 Å². The summed E-state index contributed by atoms with van der Waals surface area (Å²) >= 11 is 0.982. The van der Waals surface area contributed by atoms with Crippen LogP contribution in [-0.2, 0) is 14.0 Å². The molecule has 0 radical (unpaired) electrons. The number of nitrogens with zero attached hydrogens (tertiary/aromatic N) is 1. The highest BCUT2D eigenvalue weighted by Crippen LogP contribution is 2.40. The summed E-state index contributed by atoms with van der Waals surface area (Å²) in [5, 5.41) is 12.9. The number of anilines is 1. The molecule has 0 saturated carbocycles. The van der Waals surface area contributed by atoms with Gasteiger partial charge in [-0.05, 0) is 60.0 Å². The molecule has 1 aromatic carbocycles. The van der Waals surface area contributed by atoms with Crippen LogP contribution in [0, 0.1) is 17.1 Å². The van der Waals surface area contributed by atoms with Crippen molar-refractivity contribution < 1.29 is 23.2 Å². The van der Waals surface area contributed by atoms with Gasteiger partial charge in [-0.15, -0.1) is 11.3 Å². The highest BCUT2D eigenvalue weighted by atomic mass is 32.1. The largest absolute Gasteiger partial charge is 0.495 e. The first-order valence-corrected chi connectivity index (χ1v) is 10.1. The number of thiophene rings is 1. The van der Waals surface area contributed by atoms with E-state index in [0.717, 1.165) is 11.3 Å². The van der Waals surface area contributed by atoms with Crippen molar-refractivity contribution in [3.63, 3.8) is 0 Å². The Labute approximate surface area is 174 Å². The first-order chi connectivity index (χ1) is 13.3. The highest BCUT2D eigenvalue weighted by molar-refractivity contribution is 7.23. The number of hydrogen-bond acceptors (Lipinski definition) is 6. The summed E-state index contributed by atoms with van der Waals surface area (Å²) < 4.78 is 32.3. The van der Waals surface area contributed by atoms with Crippen LogP contribution in [-0.4, -0.2) is 30.0 Å². The normalized spacial score (nSPS) is 18.0. The van der Waals surface area contributed by atoms with Crippen LogP contribution in [0.15, 0.2) is 12.1 Å². The van der Waals surface area contributed by atoms with E-state index in [0.29, 0.717) is 10.8 Å². The number of ether oxygens (including phenoxy) is 1. The van der Waals surface area contributed by atoms with Gasteiger partial charge in [0.1, 0.15) is 22.5 Å². The van der Waals surface area contributed by atoms with E-state index in [1.165, 1.54) is 6.07 Å². The van der Waals surface area contributed by atoms with Crippen LogP contribution in [0.4, 0.5) is 14.2 Å². The zero-order chi connectivity index (χ0) is 21.8. The molecule has 1 aliphatic rings. The molecule has 1 N–H and O–H groups in total. The maximum Gasteiger partial charge on any atom is 0.495 e. The van der Waals surface area contributed by atoms with Crippen molar-refractivity contribution >= 4 is 45.1 Å². The van der Waals surface area contributed by atoms with Gasteiger partial charge in [-0.25, -0.2) is 9.18 Å². The maximum absolute atomic E-state index is 14.6. The van der Waals surface area contributed by atoms with Crippen LogP contribution in [0.25, 0.3) is 10.1 Å². The number of carbonyl (C=O) groups excluding carboxylic acids is 1. The molecule has 1 aliphatic heterocycles. The molecule has 2 aromatic rings. The van der Waals surface area contributed by atoms with E-state index >= 15 is 0 Å². The van der Waals surface area contributed by atoms with Crippen molar-refractivity contribution in [3.05, 3.63) is 23.5 Å². The van der Waals surface area contributed by atoms with Gasteiger partial charge in [0.25, 0.3) is 0 Å². The second kappa shape index (κ2) is 6.97. The Morgan fingerprint density at radius 1 is 1.24 bits per heavy atom. The fourth-order valence-corrected chi connectivity index (χ4v) is 4.03. The smallest absolute Gasteiger partial charge is 0.444 e. The molecule has 2 heterocycles. The molecular weight excluding hydrogens is 394 g/mol. The first kappa shape index (κ1) is 21.6. The molecule has 29 heavy (non-hydrogen) atoms. The quantitative estimate of drug-likeness (QED) is 0.724. The average Bonchev–Trinajstić information content (AvgIpc) is 3.00. The van der Waals surface area contributed by atoms with Crippen LogP contribution in [0.3, 0.4) is 0 Å². The summed E-state index contributed by atoms with van der Waals surface area (Å²) in [7, 11) is -0.765. The lowest BCUT2D eigenvalue weighted by atomic mass is 9.76. The molecule has 3 rings (SSSR count). The Balaban J connectivity index is 2.09. The number of nitriles is 1. The third-order valence-corrected chi connectivity index (χ3v) is 6.17. The van der Waals surface area contributed by atoms with Crippen LogP contribution in [0.2, 0.25) is 0 Å². The van der Waals surface area contributed by atoms with Gasteiger partial charge in [0.05, 0.1) is 21.5 Å². The third kappa shape index (κ3) is 3.97. The number of rotatable bonds is 2. The molecule has 0 unspecified atom stereocenters. The van der Waals surface area contributed by atoms with Crippen molar-refractivity contribution in [2.24, 2.45) is 0 Å². The Kier molecular flexibility index (Phi) is 5.19. The number of halogens is 1. The van der Waals surface area contributed by atoms with Gasteiger partial charge in [0.15, 0.2) is 0 Å². The Morgan fingerprint density at radius 3 is 2.34 bits per heavy atom. The number of hydrogen-bond donors (Lipinski definition) is 1. The fraction of sp³-hybridized carbons (Fsp3) is 0.500. The molecule has 1 amide bonds. The van der Waals surface area contributed by atoms with Crippen molar-refractivity contribution in [3.8, 4) is 6.07 Å². The predicted molar refractivity (Wildman–Crippen MR) is 112 cm³/mol. The van der Waals surface area contributed by atoms with Crippen molar-refractivity contribution in [1.82, 2.24) is 0 Å². The average molecular weight is 418 g/mol. The third-order valence-electron chi connectivity index (χ3n) is 5.06. The molecule has 9 heteroatoms. The van der Waals surface area contributed by atoms with Gasteiger partial charge in [0, 0.05) is 5.39 Å². The molecule has 1 saturated heterocycles. The summed E-state index contributed by atoms with van der Waals surface area (Å²) in [6.45, 7) is 12.9. The van der Waals surface area contributed by atoms with E-state index < -0.39 is 35.8 Å². The number of fused-ring (bicyclic) bond motifs is 1. The van der Waals surface area contributed by atoms with Crippen LogP contribution in [0.5, 0.6) is 0 Å². The minimum atomic E-state index is -0.765. The monoisotopic (exact) mass is 418 g/mol. The Bertz CT molecular complexity index is 1000. The molecule has 0 atom stereocenters. The SMILES string of the molecule is CC(C)(C)OC(=O)Nc1sc2c(F)ccc(B3OC(C)(C)C(C)(C)O3)c2c1C#N. The van der Waals surface area contributed by atoms with Gasteiger partial charge >= 0.3 is 13.2 Å². The van der Waals surface area contributed by atoms with Crippen molar-refractivity contribution in [2.45, 2.75) is 65.3 Å². The number of nitrogens with one attached hydrogen (secondary N) is 1. The van der Waals surface area contributed by atoms with E-state index in [4.69, 9.17) is 14.0 Å². The topological polar surface area (TPSA) is 80.6 Å².